The molecule has 0 spiro atoms. The Morgan fingerprint density at radius 2 is 1.81 bits per heavy atom. The minimum atomic E-state index is 0.146. The summed E-state index contributed by atoms with van der Waals surface area (Å²) in [7, 11) is 0. The third-order valence-corrected chi connectivity index (χ3v) is 4.56. The fourth-order valence-corrected chi connectivity index (χ4v) is 3.55. The number of piperidine rings is 1. The maximum atomic E-state index is 3.64. The summed E-state index contributed by atoms with van der Waals surface area (Å²) in [4.78, 5) is 2.57. The van der Waals surface area contributed by atoms with Gasteiger partial charge in [0.1, 0.15) is 0 Å². The summed E-state index contributed by atoms with van der Waals surface area (Å²) in [6, 6.07) is 6.69. The molecule has 0 aromatic heterocycles. The Labute approximate surface area is 138 Å². The van der Waals surface area contributed by atoms with Gasteiger partial charge in [-0.2, -0.15) is 0 Å². The Bertz CT molecular complexity index is 469. The summed E-state index contributed by atoms with van der Waals surface area (Å²) in [6.45, 7) is 14.7. The molecule has 2 unspecified atom stereocenters. The highest BCUT2D eigenvalue weighted by molar-refractivity contribution is 9.10. The molecule has 1 aromatic carbocycles. The molecule has 118 valence electrons. The number of hydrogen-bond donors (Lipinski definition) is 1. The van der Waals surface area contributed by atoms with Crippen molar-refractivity contribution < 1.29 is 0 Å². The zero-order valence-corrected chi connectivity index (χ0v) is 15.6. The smallest absolute Gasteiger partial charge is 0.0423 e. The van der Waals surface area contributed by atoms with Gasteiger partial charge in [0, 0.05) is 35.3 Å². The maximum absolute atomic E-state index is 3.64. The summed E-state index contributed by atoms with van der Waals surface area (Å²) in [5, 5.41) is 3.62. The first kappa shape index (κ1) is 16.8. The van der Waals surface area contributed by atoms with Crippen LogP contribution in [-0.2, 0) is 6.54 Å². The van der Waals surface area contributed by atoms with Crippen LogP contribution >= 0.6 is 15.9 Å². The van der Waals surface area contributed by atoms with Crippen LogP contribution in [0.5, 0.6) is 0 Å². The number of nitrogens with zero attached hydrogens (tertiary/aromatic N) is 1. The number of hydrogen-bond acceptors (Lipinski definition) is 2. The largest absolute Gasteiger partial charge is 0.371 e. The molecule has 2 nitrogen and oxygen atoms in total. The second-order valence-electron chi connectivity index (χ2n) is 7.73. The Hall–Kier alpha value is -0.540. The van der Waals surface area contributed by atoms with E-state index in [1.807, 2.05) is 0 Å². The van der Waals surface area contributed by atoms with E-state index in [2.05, 4.69) is 79.0 Å². The van der Waals surface area contributed by atoms with Crippen molar-refractivity contribution in [2.45, 2.75) is 53.1 Å². The predicted octanol–water partition coefficient (Wildman–Crippen LogP) is 4.82. The van der Waals surface area contributed by atoms with Gasteiger partial charge in [0.25, 0.3) is 0 Å². The lowest BCUT2D eigenvalue weighted by Crippen LogP contribution is -2.40. The van der Waals surface area contributed by atoms with Crippen LogP contribution in [0.1, 0.15) is 46.6 Å². The minimum Gasteiger partial charge on any atom is -0.371 e. The standard InChI is InChI=1S/C18H29BrN2/c1-13-8-14(2)12-21(11-13)17-9-16(19)7-6-15(17)10-20-18(3,4)5/h6-7,9,13-14,20H,8,10-12H2,1-5H3. The Kier molecular flexibility index (Phi) is 5.37. The monoisotopic (exact) mass is 352 g/mol. The average molecular weight is 353 g/mol. The van der Waals surface area contributed by atoms with Crippen molar-refractivity contribution in [3.8, 4) is 0 Å². The Morgan fingerprint density at radius 3 is 2.38 bits per heavy atom. The summed E-state index contributed by atoms with van der Waals surface area (Å²) >= 11 is 3.64. The van der Waals surface area contributed by atoms with Crippen molar-refractivity contribution in [2.75, 3.05) is 18.0 Å². The third kappa shape index (κ3) is 5.00. The van der Waals surface area contributed by atoms with Gasteiger partial charge in [0.05, 0.1) is 0 Å². The van der Waals surface area contributed by atoms with E-state index in [0.717, 1.165) is 18.4 Å². The SMILES string of the molecule is CC1CC(C)CN(c2cc(Br)ccc2CNC(C)(C)C)C1. The number of rotatable bonds is 3. The first-order valence-electron chi connectivity index (χ1n) is 8.03. The topological polar surface area (TPSA) is 15.3 Å². The highest BCUT2D eigenvalue weighted by atomic mass is 79.9. The highest BCUT2D eigenvalue weighted by Crippen LogP contribution is 2.31. The molecule has 1 heterocycles. The summed E-state index contributed by atoms with van der Waals surface area (Å²) in [5.41, 5.74) is 2.93. The van der Waals surface area contributed by atoms with Crippen LogP contribution in [0.4, 0.5) is 5.69 Å². The van der Waals surface area contributed by atoms with Crippen molar-refractivity contribution in [1.29, 1.82) is 0 Å². The second-order valence-corrected chi connectivity index (χ2v) is 8.64. The van der Waals surface area contributed by atoms with Crippen molar-refractivity contribution >= 4 is 21.6 Å². The van der Waals surface area contributed by atoms with E-state index in [-0.39, 0.29) is 5.54 Å². The molecule has 0 saturated carbocycles. The summed E-state index contributed by atoms with van der Waals surface area (Å²) < 4.78 is 1.17. The molecule has 2 rings (SSSR count). The molecule has 0 aliphatic carbocycles. The third-order valence-electron chi connectivity index (χ3n) is 4.07. The predicted molar refractivity (Wildman–Crippen MR) is 95.9 cm³/mol. The van der Waals surface area contributed by atoms with Crippen LogP contribution in [0.2, 0.25) is 0 Å². The second kappa shape index (κ2) is 6.70. The van der Waals surface area contributed by atoms with E-state index < -0.39 is 0 Å². The molecule has 1 aliphatic heterocycles. The fraction of sp³-hybridized carbons (Fsp3) is 0.667. The zero-order valence-electron chi connectivity index (χ0n) is 14.0. The van der Waals surface area contributed by atoms with E-state index in [0.29, 0.717) is 0 Å². The van der Waals surface area contributed by atoms with Crippen molar-refractivity contribution in [3.63, 3.8) is 0 Å². The molecular weight excluding hydrogens is 324 g/mol. The molecule has 1 N–H and O–H groups in total. The lowest BCUT2D eigenvalue weighted by atomic mass is 9.91. The normalized spacial score (nSPS) is 23.4. The molecule has 1 aliphatic rings. The van der Waals surface area contributed by atoms with E-state index in [9.17, 15) is 0 Å². The lowest BCUT2D eigenvalue weighted by molar-refractivity contribution is 0.355. The van der Waals surface area contributed by atoms with Crippen molar-refractivity contribution in [2.24, 2.45) is 11.8 Å². The van der Waals surface area contributed by atoms with Crippen LogP contribution in [0.25, 0.3) is 0 Å². The van der Waals surface area contributed by atoms with Crippen LogP contribution in [0.15, 0.2) is 22.7 Å². The van der Waals surface area contributed by atoms with E-state index in [4.69, 9.17) is 0 Å². The van der Waals surface area contributed by atoms with Crippen molar-refractivity contribution in [1.82, 2.24) is 5.32 Å². The van der Waals surface area contributed by atoms with Gasteiger partial charge in [0.15, 0.2) is 0 Å². The fourth-order valence-electron chi connectivity index (χ4n) is 3.20. The zero-order chi connectivity index (χ0) is 15.6. The summed E-state index contributed by atoms with van der Waals surface area (Å²) in [5.74, 6) is 1.55. The number of benzene rings is 1. The first-order chi connectivity index (χ1) is 9.74. The van der Waals surface area contributed by atoms with E-state index in [1.54, 1.807) is 0 Å². The Balaban J connectivity index is 2.22. The molecule has 3 heteroatoms. The van der Waals surface area contributed by atoms with Crippen LogP contribution < -0.4 is 10.2 Å². The van der Waals surface area contributed by atoms with E-state index >= 15 is 0 Å². The number of halogens is 1. The molecule has 1 fully saturated rings. The molecule has 0 radical (unpaired) electrons. The van der Waals surface area contributed by atoms with Gasteiger partial charge in [-0.25, -0.2) is 0 Å². The summed E-state index contributed by atoms with van der Waals surface area (Å²) in [6.07, 6.45) is 1.35. The molecule has 21 heavy (non-hydrogen) atoms. The molecule has 0 bridgehead atoms. The number of nitrogens with one attached hydrogen (secondary N) is 1. The molecule has 1 saturated heterocycles. The lowest BCUT2D eigenvalue weighted by Gasteiger charge is -2.38. The number of anilines is 1. The Morgan fingerprint density at radius 1 is 1.19 bits per heavy atom. The molecular formula is C18H29BrN2. The van der Waals surface area contributed by atoms with Crippen molar-refractivity contribution in [3.05, 3.63) is 28.2 Å². The van der Waals surface area contributed by atoms with Gasteiger partial charge in [0.2, 0.25) is 0 Å². The van der Waals surface area contributed by atoms with Gasteiger partial charge in [-0.3, -0.25) is 0 Å². The maximum Gasteiger partial charge on any atom is 0.0423 e. The molecule has 2 atom stereocenters. The van der Waals surface area contributed by atoms with Gasteiger partial charge < -0.3 is 10.2 Å². The van der Waals surface area contributed by atoms with Gasteiger partial charge in [-0.1, -0.05) is 35.8 Å². The minimum absolute atomic E-state index is 0.146. The highest BCUT2D eigenvalue weighted by Gasteiger charge is 2.24. The van der Waals surface area contributed by atoms with Crippen LogP contribution in [0, 0.1) is 11.8 Å². The molecule has 1 aromatic rings. The van der Waals surface area contributed by atoms with Crippen LogP contribution in [-0.4, -0.2) is 18.6 Å². The van der Waals surface area contributed by atoms with Gasteiger partial charge >= 0.3 is 0 Å². The van der Waals surface area contributed by atoms with Gasteiger partial charge in [-0.05, 0) is 56.7 Å². The first-order valence-corrected chi connectivity index (χ1v) is 8.82. The van der Waals surface area contributed by atoms with Crippen LogP contribution in [0.3, 0.4) is 0 Å². The average Bonchev–Trinajstić information content (AvgIpc) is 2.35. The quantitative estimate of drug-likeness (QED) is 0.838. The molecule has 0 amide bonds. The van der Waals surface area contributed by atoms with Gasteiger partial charge in [-0.15, -0.1) is 0 Å². The van der Waals surface area contributed by atoms with E-state index in [1.165, 1.54) is 35.2 Å².